The maximum absolute atomic E-state index is 13.0. The Hall–Kier alpha value is -0.480. The van der Waals surface area contributed by atoms with Crippen LogP contribution in [0.5, 0.6) is 0 Å². The Bertz CT molecular complexity index is 640. The second-order valence-corrected chi connectivity index (χ2v) is 10.4. The third kappa shape index (κ3) is 6.81. The van der Waals surface area contributed by atoms with Crippen molar-refractivity contribution < 1.29 is 27.2 Å². The van der Waals surface area contributed by atoms with Crippen LogP contribution in [-0.4, -0.2) is 26.4 Å². The van der Waals surface area contributed by atoms with E-state index in [1.165, 1.54) is 0 Å². The topological polar surface area (TPSA) is 71.1 Å². The maximum atomic E-state index is 13.0. The van der Waals surface area contributed by atoms with Crippen LogP contribution in [0.1, 0.15) is 55.5 Å². The SMILES string of the molecule is CCOP(=O)(Cc1c(C)cc(C)c(CP(=O)(OCC)OCC)c1C)OCC. The first-order valence-corrected chi connectivity index (χ1v) is 13.0. The third-order valence-electron chi connectivity index (χ3n) is 4.30. The molecule has 156 valence electrons. The van der Waals surface area contributed by atoms with Gasteiger partial charge in [0.1, 0.15) is 0 Å². The molecule has 0 saturated carbocycles. The number of hydrogen-bond donors (Lipinski definition) is 0. The van der Waals surface area contributed by atoms with Crippen LogP contribution in [0, 0.1) is 20.8 Å². The van der Waals surface area contributed by atoms with Crippen LogP contribution in [0.2, 0.25) is 0 Å². The van der Waals surface area contributed by atoms with E-state index in [1.54, 1.807) is 27.7 Å². The number of aryl methyl sites for hydroxylation is 2. The maximum Gasteiger partial charge on any atom is 0.335 e. The lowest BCUT2D eigenvalue weighted by atomic mass is 9.95. The lowest BCUT2D eigenvalue weighted by Gasteiger charge is -2.24. The molecule has 0 radical (unpaired) electrons. The molecule has 1 aromatic carbocycles. The van der Waals surface area contributed by atoms with E-state index in [9.17, 15) is 9.13 Å². The molecule has 0 aliphatic heterocycles. The summed E-state index contributed by atoms with van der Waals surface area (Å²) in [6.45, 7) is 14.4. The summed E-state index contributed by atoms with van der Waals surface area (Å²) in [5.74, 6) is 0. The first-order chi connectivity index (χ1) is 12.6. The average Bonchev–Trinajstić information content (AvgIpc) is 2.56. The molecule has 0 atom stereocenters. The van der Waals surface area contributed by atoms with Crippen molar-refractivity contribution in [1.82, 2.24) is 0 Å². The molecule has 1 aromatic rings. The molecule has 0 aromatic heterocycles. The van der Waals surface area contributed by atoms with Crippen LogP contribution in [0.4, 0.5) is 0 Å². The first kappa shape index (κ1) is 24.6. The Labute approximate surface area is 164 Å². The molecule has 0 fully saturated rings. The van der Waals surface area contributed by atoms with Gasteiger partial charge in [-0.1, -0.05) is 6.07 Å². The van der Waals surface area contributed by atoms with Gasteiger partial charge in [-0.25, -0.2) is 0 Å². The smallest absolute Gasteiger partial charge is 0.309 e. The van der Waals surface area contributed by atoms with E-state index in [4.69, 9.17) is 18.1 Å². The molecule has 0 bridgehead atoms. The van der Waals surface area contributed by atoms with Crippen molar-refractivity contribution in [1.29, 1.82) is 0 Å². The summed E-state index contributed by atoms with van der Waals surface area (Å²) < 4.78 is 47.9. The molecule has 0 N–H and O–H groups in total. The van der Waals surface area contributed by atoms with Crippen LogP contribution in [0.15, 0.2) is 6.07 Å². The van der Waals surface area contributed by atoms with Crippen LogP contribution in [0.25, 0.3) is 0 Å². The Morgan fingerprint density at radius 1 is 0.667 bits per heavy atom. The van der Waals surface area contributed by atoms with Crippen molar-refractivity contribution in [2.24, 2.45) is 0 Å². The molecule has 0 unspecified atom stereocenters. The monoisotopic (exact) mass is 420 g/mol. The zero-order valence-corrected chi connectivity index (χ0v) is 19.5. The number of benzene rings is 1. The molecule has 0 aliphatic rings. The highest BCUT2D eigenvalue weighted by atomic mass is 31.2. The lowest BCUT2D eigenvalue weighted by molar-refractivity contribution is 0.218. The van der Waals surface area contributed by atoms with Crippen LogP contribution in [-0.2, 0) is 39.5 Å². The molecular weight excluding hydrogens is 386 g/mol. The van der Waals surface area contributed by atoms with Gasteiger partial charge in [0.05, 0.1) is 38.8 Å². The molecule has 8 heteroatoms. The average molecular weight is 420 g/mol. The van der Waals surface area contributed by atoms with Gasteiger partial charge >= 0.3 is 15.2 Å². The molecule has 27 heavy (non-hydrogen) atoms. The van der Waals surface area contributed by atoms with Crippen LogP contribution < -0.4 is 0 Å². The van der Waals surface area contributed by atoms with Crippen molar-refractivity contribution in [3.8, 4) is 0 Å². The first-order valence-electron chi connectivity index (χ1n) is 9.50. The highest BCUT2D eigenvalue weighted by Gasteiger charge is 2.30. The van der Waals surface area contributed by atoms with Gasteiger partial charge < -0.3 is 18.1 Å². The van der Waals surface area contributed by atoms with Gasteiger partial charge in [-0.05, 0) is 76.3 Å². The summed E-state index contributed by atoms with van der Waals surface area (Å²) >= 11 is 0. The fraction of sp³-hybridized carbons (Fsp3) is 0.684. The zero-order valence-electron chi connectivity index (χ0n) is 17.7. The van der Waals surface area contributed by atoms with Crippen molar-refractivity contribution in [3.63, 3.8) is 0 Å². The molecule has 0 saturated heterocycles. The summed E-state index contributed by atoms with van der Waals surface area (Å²) in [4.78, 5) is 0. The second kappa shape index (κ2) is 10.9. The Kier molecular flexibility index (Phi) is 9.91. The quantitative estimate of drug-likeness (QED) is 0.378. The molecule has 0 amide bonds. The van der Waals surface area contributed by atoms with E-state index in [0.29, 0.717) is 26.4 Å². The fourth-order valence-electron chi connectivity index (χ4n) is 3.19. The zero-order chi connectivity index (χ0) is 20.7. The summed E-state index contributed by atoms with van der Waals surface area (Å²) in [5.41, 5.74) is 4.76. The van der Waals surface area contributed by atoms with Gasteiger partial charge in [0, 0.05) is 0 Å². The second-order valence-electron chi connectivity index (χ2n) is 6.30. The molecule has 0 spiro atoms. The summed E-state index contributed by atoms with van der Waals surface area (Å²) in [5, 5.41) is 0. The van der Waals surface area contributed by atoms with E-state index in [2.05, 4.69) is 0 Å². The molecule has 0 heterocycles. The minimum absolute atomic E-state index is 0.188. The van der Waals surface area contributed by atoms with Gasteiger partial charge in [-0.2, -0.15) is 0 Å². The number of hydrogen-bond acceptors (Lipinski definition) is 6. The van der Waals surface area contributed by atoms with Crippen LogP contribution in [0.3, 0.4) is 0 Å². The highest BCUT2D eigenvalue weighted by molar-refractivity contribution is 7.53. The summed E-state index contributed by atoms with van der Waals surface area (Å²) in [6.07, 6.45) is 0.375. The van der Waals surface area contributed by atoms with Crippen LogP contribution >= 0.6 is 15.2 Å². The van der Waals surface area contributed by atoms with Gasteiger partial charge in [0.25, 0.3) is 0 Å². The lowest BCUT2D eigenvalue weighted by Crippen LogP contribution is -2.07. The minimum atomic E-state index is -3.24. The van der Waals surface area contributed by atoms with E-state index < -0.39 is 15.2 Å². The van der Waals surface area contributed by atoms with Gasteiger partial charge in [-0.3, -0.25) is 9.13 Å². The molecule has 1 rings (SSSR count). The molecular formula is C19H34O6P2. The van der Waals surface area contributed by atoms with Gasteiger partial charge in [0.15, 0.2) is 0 Å². The third-order valence-corrected chi connectivity index (χ3v) is 8.31. The largest absolute Gasteiger partial charge is 0.335 e. The predicted octanol–water partition coefficient (Wildman–Crippen LogP) is 6.14. The van der Waals surface area contributed by atoms with E-state index >= 15 is 0 Å². The minimum Gasteiger partial charge on any atom is -0.309 e. The Morgan fingerprint density at radius 3 is 1.22 bits per heavy atom. The molecule has 6 nitrogen and oxygen atoms in total. The van der Waals surface area contributed by atoms with Gasteiger partial charge in [-0.15, -0.1) is 0 Å². The highest BCUT2D eigenvalue weighted by Crippen LogP contribution is 2.55. The van der Waals surface area contributed by atoms with E-state index in [-0.39, 0.29) is 12.3 Å². The fourth-order valence-corrected chi connectivity index (χ4v) is 7.03. The van der Waals surface area contributed by atoms with Crippen molar-refractivity contribution in [3.05, 3.63) is 33.9 Å². The predicted molar refractivity (Wildman–Crippen MR) is 110 cm³/mol. The normalized spacial score (nSPS) is 12.6. The summed E-state index contributed by atoms with van der Waals surface area (Å²) in [6, 6.07) is 2.02. The Balaban J connectivity index is 3.36. The standard InChI is InChI=1S/C19H34O6P2/c1-8-22-26(20,23-9-2)13-18-15(5)12-16(6)19(17(18)7)14-27(21,24-10-3)25-11-4/h12H,8-11,13-14H2,1-7H3. The van der Waals surface area contributed by atoms with Crippen molar-refractivity contribution in [2.75, 3.05) is 26.4 Å². The van der Waals surface area contributed by atoms with Crippen molar-refractivity contribution in [2.45, 2.75) is 60.8 Å². The van der Waals surface area contributed by atoms with Crippen molar-refractivity contribution >= 4 is 15.2 Å². The van der Waals surface area contributed by atoms with E-state index in [1.807, 2.05) is 26.8 Å². The van der Waals surface area contributed by atoms with Gasteiger partial charge in [0.2, 0.25) is 0 Å². The summed E-state index contributed by atoms with van der Waals surface area (Å²) in [7, 11) is -6.48. The Morgan fingerprint density at radius 2 is 0.963 bits per heavy atom. The van der Waals surface area contributed by atoms with E-state index in [0.717, 1.165) is 27.8 Å². The molecule has 0 aliphatic carbocycles. The number of rotatable bonds is 12.